The van der Waals surface area contributed by atoms with Crippen LogP contribution >= 0.6 is 0 Å². The van der Waals surface area contributed by atoms with Crippen LogP contribution in [0.25, 0.3) is 0 Å². The lowest BCUT2D eigenvalue weighted by molar-refractivity contribution is 0.321. The number of benzene rings is 1. The third-order valence-corrected chi connectivity index (χ3v) is 3.02. The first kappa shape index (κ1) is 14.5. The summed E-state index contributed by atoms with van der Waals surface area (Å²) in [6.45, 7) is 5.87. The van der Waals surface area contributed by atoms with E-state index in [-0.39, 0.29) is 0 Å². The van der Waals surface area contributed by atoms with Crippen LogP contribution in [0.3, 0.4) is 0 Å². The molecule has 2 aromatic rings. The van der Waals surface area contributed by atoms with Gasteiger partial charge in [0.1, 0.15) is 5.75 Å². The van der Waals surface area contributed by atoms with Crippen molar-refractivity contribution in [2.75, 3.05) is 6.61 Å². The topological polar surface area (TPSA) is 34.1 Å². The maximum atomic E-state index is 5.74. The third kappa shape index (κ3) is 5.02. The van der Waals surface area contributed by atoms with E-state index in [2.05, 4.69) is 42.3 Å². The highest BCUT2D eigenvalue weighted by molar-refractivity contribution is 5.27. The fourth-order valence-electron chi connectivity index (χ4n) is 1.86. The number of aromatic nitrogens is 1. The van der Waals surface area contributed by atoms with Gasteiger partial charge in [-0.15, -0.1) is 0 Å². The number of hydrogen-bond acceptors (Lipinski definition) is 3. The minimum Gasteiger partial charge on any atom is -0.493 e. The summed E-state index contributed by atoms with van der Waals surface area (Å²) in [6.07, 6.45) is 4.54. The Kier molecular flexibility index (Phi) is 5.56. The molecule has 20 heavy (non-hydrogen) atoms. The number of pyridine rings is 1. The molecule has 1 aromatic heterocycles. The SMILES string of the molecule is CC(C)NCc1ccc(OCCc2cccnc2)cc1. The van der Waals surface area contributed by atoms with E-state index in [0.29, 0.717) is 12.6 Å². The highest BCUT2D eigenvalue weighted by Gasteiger charge is 1.98. The predicted octanol–water partition coefficient (Wildman–Crippen LogP) is 3.20. The fourth-order valence-corrected chi connectivity index (χ4v) is 1.86. The highest BCUT2D eigenvalue weighted by atomic mass is 16.5. The van der Waals surface area contributed by atoms with Gasteiger partial charge in [0.05, 0.1) is 6.61 Å². The van der Waals surface area contributed by atoms with E-state index in [1.807, 2.05) is 24.4 Å². The highest BCUT2D eigenvalue weighted by Crippen LogP contribution is 2.12. The van der Waals surface area contributed by atoms with Crippen LogP contribution in [-0.4, -0.2) is 17.6 Å². The summed E-state index contributed by atoms with van der Waals surface area (Å²) in [5.74, 6) is 0.919. The van der Waals surface area contributed by atoms with Gasteiger partial charge in [-0.1, -0.05) is 32.0 Å². The standard InChI is InChI=1S/C17H22N2O/c1-14(2)19-13-16-5-7-17(8-6-16)20-11-9-15-4-3-10-18-12-15/h3-8,10,12,14,19H,9,11,13H2,1-2H3. The Labute approximate surface area is 121 Å². The van der Waals surface area contributed by atoms with Gasteiger partial charge in [-0.2, -0.15) is 0 Å². The zero-order valence-corrected chi connectivity index (χ0v) is 12.2. The molecule has 0 aliphatic carbocycles. The van der Waals surface area contributed by atoms with Gasteiger partial charge in [-0.25, -0.2) is 0 Å². The molecule has 1 N–H and O–H groups in total. The quantitative estimate of drug-likeness (QED) is 0.839. The van der Waals surface area contributed by atoms with Crippen molar-refractivity contribution in [3.8, 4) is 5.75 Å². The molecule has 1 aromatic carbocycles. The van der Waals surface area contributed by atoms with Crippen molar-refractivity contribution >= 4 is 0 Å². The van der Waals surface area contributed by atoms with Crippen molar-refractivity contribution in [3.05, 3.63) is 59.9 Å². The first-order valence-corrected chi connectivity index (χ1v) is 7.08. The molecule has 2 rings (SSSR count). The maximum Gasteiger partial charge on any atom is 0.119 e. The molecule has 0 spiro atoms. The zero-order chi connectivity index (χ0) is 14.2. The number of nitrogens with zero attached hydrogens (tertiary/aromatic N) is 1. The number of hydrogen-bond donors (Lipinski definition) is 1. The summed E-state index contributed by atoms with van der Waals surface area (Å²) in [4.78, 5) is 4.09. The van der Waals surface area contributed by atoms with Crippen molar-refractivity contribution < 1.29 is 4.74 Å². The Morgan fingerprint density at radius 3 is 2.55 bits per heavy atom. The molecule has 3 nitrogen and oxygen atoms in total. The van der Waals surface area contributed by atoms with Crippen molar-refractivity contribution in [3.63, 3.8) is 0 Å². The lowest BCUT2D eigenvalue weighted by atomic mass is 10.2. The Hall–Kier alpha value is -1.87. The lowest BCUT2D eigenvalue weighted by Gasteiger charge is -2.09. The summed E-state index contributed by atoms with van der Waals surface area (Å²) in [5.41, 5.74) is 2.48. The van der Waals surface area contributed by atoms with Crippen molar-refractivity contribution in [1.29, 1.82) is 0 Å². The van der Waals surface area contributed by atoms with Gasteiger partial charge in [-0.3, -0.25) is 4.98 Å². The number of rotatable bonds is 7. The van der Waals surface area contributed by atoms with E-state index >= 15 is 0 Å². The van der Waals surface area contributed by atoms with Crippen LogP contribution in [0.5, 0.6) is 5.75 Å². The molecule has 0 saturated heterocycles. The summed E-state index contributed by atoms with van der Waals surface area (Å²) in [6, 6.07) is 12.8. The molecular weight excluding hydrogens is 248 g/mol. The van der Waals surface area contributed by atoms with E-state index in [4.69, 9.17) is 4.74 Å². The van der Waals surface area contributed by atoms with Gasteiger partial charge in [0.2, 0.25) is 0 Å². The smallest absolute Gasteiger partial charge is 0.119 e. The van der Waals surface area contributed by atoms with Crippen LogP contribution in [0.4, 0.5) is 0 Å². The number of ether oxygens (including phenoxy) is 1. The molecule has 0 radical (unpaired) electrons. The predicted molar refractivity (Wildman–Crippen MR) is 81.9 cm³/mol. The lowest BCUT2D eigenvalue weighted by Crippen LogP contribution is -2.21. The van der Waals surface area contributed by atoms with Crippen molar-refractivity contribution in [2.24, 2.45) is 0 Å². The average Bonchev–Trinajstić information content (AvgIpc) is 2.47. The second-order valence-electron chi connectivity index (χ2n) is 5.14. The second-order valence-corrected chi connectivity index (χ2v) is 5.14. The van der Waals surface area contributed by atoms with Gasteiger partial charge < -0.3 is 10.1 Å². The molecule has 0 unspecified atom stereocenters. The average molecular weight is 270 g/mol. The zero-order valence-electron chi connectivity index (χ0n) is 12.2. The van der Waals surface area contributed by atoms with Crippen LogP contribution in [-0.2, 0) is 13.0 Å². The Bertz CT molecular complexity index is 494. The fraction of sp³-hybridized carbons (Fsp3) is 0.353. The Morgan fingerprint density at radius 1 is 1.10 bits per heavy atom. The Balaban J connectivity index is 1.76. The van der Waals surface area contributed by atoms with Gasteiger partial charge in [0.25, 0.3) is 0 Å². The van der Waals surface area contributed by atoms with Crippen LogP contribution in [0, 0.1) is 0 Å². The molecule has 106 valence electrons. The molecule has 0 saturated carbocycles. The Morgan fingerprint density at radius 2 is 1.90 bits per heavy atom. The summed E-state index contributed by atoms with van der Waals surface area (Å²) >= 11 is 0. The van der Waals surface area contributed by atoms with Gasteiger partial charge in [0.15, 0.2) is 0 Å². The minimum absolute atomic E-state index is 0.505. The molecule has 0 amide bonds. The largest absolute Gasteiger partial charge is 0.493 e. The maximum absolute atomic E-state index is 5.74. The van der Waals surface area contributed by atoms with Crippen molar-refractivity contribution in [1.82, 2.24) is 10.3 Å². The van der Waals surface area contributed by atoms with Gasteiger partial charge in [0, 0.05) is 31.4 Å². The van der Waals surface area contributed by atoms with Crippen LogP contribution in [0.1, 0.15) is 25.0 Å². The minimum atomic E-state index is 0.505. The molecular formula is C17H22N2O. The summed E-state index contributed by atoms with van der Waals surface area (Å²) < 4.78 is 5.74. The van der Waals surface area contributed by atoms with E-state index in [1.54, 1.807) is 6.20 Å². The molecule has 0 aliphatic rings. The first-order valence-electron chi connectivity index (χ1n) is 7.08. The molecule has 0 aliphatic heterocycles. The van der Waals surface area contributed by atoms with Gasteiger partial charge in [-0.05, 0) is 29.3 Å². The normalized spacial score (nSPS) is 10.8. The van der Waals surface area contributed by atoms with E-state index in [1.165, 1.54) is 11.1 Å². The summed E-state index contributed by atoms with van der Waals surface area (Å²) in [5, 5.41) is 3.40. The number of nitrogens with one attached hydrogen (secondary N) is 1. The molecule has 1 heterocycles. The molecule has 0 bridgehead atoms. The van der Waals surface area contributed by atoms with Crippen LogP contribution in [0.2, 0.25) is 0 Å². The second kappa shape index (κ2) is 7.65. The van der Waals surface area contributed by atoms with Crippen LogP contribution < -0.4 is 10.1 Å². The van der Waals surface area contributed by atoms with Crippen LogP contribution in [0.15, 0.2) is 48.8 Å². The molecule has 0 fully saturated rings. The van der Waals surface area contributed by atoms with E-state index in [0.717, 1.165) is 18.7 Å². The monoisotopic (exact) mass is 270 g/mol. The molecule has 0 atom stereocenters. The van der Waals surface area contributed by atoms with E-state index in [9.17, 15) is 0 Å². The van der Waals surface area contributed by atoms with E-state index < -0.39 is 0 Å². The first-order chi connectivity index (χ1) is 9.74. The summed E-state index contributed by atoms with van der Waals surface area (Å²) in [7, 11) is 0. The van der Waals surface area contributed by atoms with Crippen molar-refractivity contribution in [2.45, 2.75) is 32.9 Å². The molecule has 3 heteroatoms. The third-order valence-electron chi connectivity index (χ3n) is 3.02. The van der Waals surface area contributed by atoms with Gasteiger partial charge >= 0.3 is 0 Å².